The number of aromatic carboxylic acids is 1. The van der Waals surface area contributed by atoms with Gasteiger partial charge in [-0.05, 0) is 54.2 Å². The van der Waals surface area contributed by atoms with Crippen molar-refractivity contribution in [1.29, 1.82) is 0 Å². The molecule has 5 rings (SSSR count). The quantitative estimate of drug-likeness (QED) is 0.446. The summed E-state index contributed by atoms with van der Waals surface area (Å²) in [7, 11) is 0. The van der Waals surface area contributed by atoms with Crippen molar-refractivity contribution in [2.45, 2.75) is 37.6 Å². The molecule has 0 spiro atoms. The van der Waals surface area contributed by atoms with Crippen molar-refractivity contribution in [3.8, 4) is 11.1 Å². The molecule has 0 radical (unpaired) electrons. The highest BCUT2D eigenvalue weighted by Crippen LogP contribution is 2.44. The first-order chi connectivity index (χ1) is 16.8. The standard InChI is InChI=1S/C28H26N2O5/c1-17-10-11-24(22(14-17)26(32)33)29-25(31)15-28(12-13-28)30-27(34)35-16-23-20-8-4-2-6-18(20)19-7-3-5-9-21(19)23/h2-11,14,23H,12-13,15-16H2,1H3,(H,29,31)(H,30,34)(H,32,33). The first-order valence-electron chi connectivity index (χ1n) is 11.6. The average molecular weight is 471 g/mol. The minimum absolute atomic E-state index is 0.0349. The van der Waals surface area contributed by atoms with Gasteiger partial charge in [0, 0.05) is 5.92 Å². The Bertz CT molecular complexity index is 1280. The summed E-state index contributed by atoms with van der Waals surface area (Å²) in [6, 6.07) is 21.1. The van der Waals surface area contributed by atoms with Gasteiger partial charge in [-0.3, -0.25) is 4.79 Å². The molecule has 35 heavy (non-hydrogen) atoms. The lowest BCUT2D eigenvalue weighted by Gasteiger charge is -2.19. The van der Waals surface area contributed by atoms with Gasteiger partial charge in [0.2, 0.25) is 5.91 Å². The second kappa shape index (κ2) is 8.91. The zero-order valence-electron chi connectivity index (χ0n) is 19.3. The molecule has 0 saturated heterocycles. The molecule has 2 aliphatic carbocycles. The molecule has 0 aliphatic heterocycles. The molecule has 1 saturated carbocycles. The van der Waals surface area contributed by atoms with Gasteiger partial charge < -0.3 is 20.5 Å². The van der Waals surface area contributed by atoms with E-state index in [9.17, 15) is 19.5 Å². The SMILES string of the molecule is Cc1ccc(NC(=O)CC2(NC(=O)OCC3c4ccccc4-c4ccccc43)CC2)c(C(=O)O)c1. The topological polar surface area (TPSA) is 105 Å². The van der Waals surface area contributed by atoms with Gasteiger partial charge in [0.25, 0.3) is 0 Å². The molecule has 7 nitrogen and oxygen atoms in total. The van der Waals surface area contributed by atoms with E-state index in [4.69, 9.17) is 4.74 Å². The second-order valence-electron chi connectivity index (χ2n) is 9.31. The van der Waals surface area contributed by atoms with Gasteiger partial charge in [0.1, 0.15) is 6.61 Å². The molecule has 1 fully saturated rings. The lowest BCUT2D eigenvalue weighted by molar-refractivity contribution is -0.116. The fourth-order valence-electron chi connectivity index (χ4n) is 4.79. The van der Waals surface area contributed by atoms with Crippen molar-refractivity contribution in [3.05, 3.63) is 89.0 Å². The van der Waals surface area contributed by atoms with Gasteiger partial charge in [-0.25, -0.2) is 9.59 Å². The number of ether oxygens (including phenoxy) is 1. The Kier molecular flexibility index (Phi) is 5.76. The van der Waals surface area contributed by atoms with E-state index >= 15 is 0 Å². The van der Waals surface area contributed by atoms with Crippen LogP contribution in [0, 0.1) is 6.92 Å². The molecule has 178 valence electrons. The Morgan fingerprint density at radius 3 is 2.20 bits per heavy atom. The molecule has 3 aromatic carbocycles. The summed E-state index contributed by atoms with van der Waals surface area (Å²) in [5.41, 5.74) is 4.98. The van der Waals surface area contributed by atoms with E-state index in [-0.39, 0.29) is 36.1 Å². The number of fused-ring (bicyclic) bond motifs is 3. The highest BCUT2D eigenvalue weighted by molar-refractivity contribution is 6.01. The van der Waals surface area contributed by atoms with Gasteiger partial charge in [0.05, 0.1) is 23.2 Å². The third kappa shape index (κ3) is 4.62. The number of carbonyl (C=O) groups is 3. The number of aryl methyl sites for hydroxylation is 1. The smallest absolute Gasteiger partial charge is 0.407 e. The van der Waals surface area contributed by atoms with Crippen molar-refractivity contribution in [2.24, 2.45) is 0 Å². The summed E-state index contributed by atoms with van der Waals surface area (Å²) in [6.07, 6.45) is 0.803. The molecule has 3 N–H and O–H groups in total. The number of benzene rings is 3. The van der Waals surface area contributed by atoms with E-state index in [0.29, 0.717) is 12.8 Å². The second-order valence-corrected chi connectivity index (χ2v) is 9.31. The molecule has 0 aromatic heterocycles. The van der Waals surface area contributed by atoms with Crippen LogP contribution in [0.15, 0.2) is 66.7 Å². The summed E-state index contributed by atoms with van der Waals surface area (Å²) >= 11 is 0. The Morgan fingerprint density at radius 1 is 0.971 bits per heavy atom. The monoisotopic (exact) mass is 470 g/mol. The lowest BCUT2D eigenvalue weighted by atomic mass is 9.98. The number of alkyl carbamates (subject to hydrolysis) is 1. The predicted molar refractivity (Wildman–Crippen MR) is 132 cm³/mol. The molecule has 0 bridgehead atoms. The third-order valence-corrected chi connectivity index (χ3v) is 6.74. The highest BCUT2D eigenvalue weighted by Gasteiger charge is 2.46. The van der Waals surface area contributed by atoms with E-state index in [2.05, 4.69) is 34.9 Å². The molecule has 7 heteroatoms. The summed E-state index contributed by atoms with van der Waals surface area (Å²) in [6.45, 7) is 1.99. The summed E-state index contributed by atoms with van der Waals surface area (Å²) in [4.78, 5) is 36.8. The van der Waals surface area contributed by atoms with Crippen LogP contribution < -0.4 is 10.6 Å². The number of carboxylic acids is 1. The number of rotatable bonds is 7. The van der Waals surface area contributed by atoms with Crippen molar-refractivity contribution in [1.82, 2.24) is 5.32 Å². The lowest BCUT2D eigenvalue weighted by Crippen LogP contribution is -2.40. The molecule has 3 aromatic rings. The summed E-state index contributed by atoms with van der Waals surface area (Å²) in [5, 5.41) is 15.0. The summed E-state index contributed by atoms with van der Waals surface area (Å²) in [5.74, 6) is -1.50. The molecule has 2 amide bonds. The molecule has 0 unspecified atom stereocenters. The van der Waals surface area contributed by atoms with Crippen LogP contribution in [0.3, 0.4) is 0 Å². The number of nitrogens with one attached hydrogen (secondary N) is 2. The molecule has 0 heterocycles. The zero-order chi connectivity index (χ0) is 24.6. The summed E-state index contributed by atoms with van der Waals surface area (Å²) < 4.78 is 5.62. The molecule has 2 aliphatic rings. The van der Waals surface area contributed by atoms with Crippen LogP contribution >= 0.6 is 0 Å². The van der Waals surface area contributed by atoms with Crippen LogP contribution in [0.4, 0.5) is 10.5 Å². The van der Waals surface area contributed by atoms with E-state index < -0.39 is 17.6 Å². The molecular weight excluding hydrogens is 444 g/mol. The van der Waals surface area contributed by atoms with Crippen molar-refractivity contribution in [2.75, 3.05) is 11.9 Å². The van der Waals surface area contributed by atoms with Crippen LogP contribution in [-0.4, -0.2) is 35.2 Å². The average Bonchev–Trinajstić information content (AvgIpc) is 3.50. The number of hydrogen-bond acceptors (Lipinski definition) is 4. The van der Waals surface area contributed by atoms with E-state index in [1.54, 1.807) is 19.1 Å². The first kappa shape index (κ1) is 22.7. The Labute approximate surface area is 203 Å². The van der Waals surface area contributed by atoms with E-state index in [1.165, 1.54) is 6.07 Å². The van der Waals surface area contributed by atoms with E-state index in [0.717, 1.165) is 27.8 Å². The Hall–Kier alpha value is -4.13. The molecular formula is C28H26N2O5. The maximum atomic E-state index is 12.7. The van der Waals surface area contributed by atoms with Crippen LogP contribution in [-0.2, 0) is 9.53 Å². The van der Waals surface area contributed by atoms with Gasteiger partial charge in [-0.1, -0.05) is 60.2 Å². The predicted octanol–water partition coefficient (Wildman–Crippen LogP) is 5.09. The largest absolute Gasteiger partial charge is 0.478 e. The number of anilines is 1. The van der Waals surface area contributed by atoms with Crippen LogP contribution in [0.5, 0.6) is 0 Å². The highest BCUT2D eigenvalue weighted by atomic mass is 16.5. The maximum absolute atomic E-state index is 12.7. The zero-order valence-corrected chi connectivity index (χ0v) is 19.3. The Morgan fingerprint density at radius 2 is 1.60 bits per heavy atom. The minimum atomic E-state index is -1.11. The molecule has 0 atom stereocenters. The van der Waals surface area contributed by atoms with Crippen LogP contribution in [0.2, 0.25) is 0 Å². The van der Waals surface area contributed by atoms with Crippen molar-refractivity contribution < 1.29 is 24.2 Å². The number of amides is 2. The van der Waals surface area contributed by atoms with Crippen LogP contribution in [0.25, 0.3) is 11.1 Å². The first-order valence-corrected chi connectivity index (χ1v) is 11.6. The fraction of sp³-hybridized carbons (Fsp3) is 0.250. The van der Waals surface area contributed by atoms with Crippen molar-refractivity contribution >= 4 is 23.7 Å². The number of carbonyl (C=O) groups excluding carboxylic acids is 2. The Balaban J connectivity index is 1.20. The fourth-order valence-corrected chi connectivity index (χ4v) is 4.79. The van der Waals surface area contributed by atoms with Crippen LogP contribution in [0.1, 0.15) is 52.2 Å². The number of hydrogen-bond donors (Lipinski definition) is 3. The number of carboxylic acid groups (broad SMARTS) is 1. The van der Waals surface area contributed by atoms with Gasteiger partial charge in [-0.15, -0.1) is 0 Å². The normalized spacial score (nSPS) is 15.0. The minimum Gasteiger partial charge on any atom is -0.478 e. The van der Waals surface area contributed by atoms with Gasteiger partial charge in [0.15, 0.2) is 0 Å². The third-order valence-electron chi connectivity index (χ3n) is 6.74. The maximum Gasteiger partial charge on any atom is 0.407 e. The van der Waals surface area contributed by atoms with Crippen molar-refractivity contribution in [3.63, 3.8) is 0 Å². The van der Waals surface area contributed by atoms with Gasteiger partial charge in [-0.2, -0.15) is 0 Å². The van der Waals surface area contributed by atoms with E-state index in [1.807, 2.05) is 24.3 Å². The van der Waals surface area contributed by atoms with Gasteiger partial charge >= 0.3 is 12.1 Å².